The van der Waals surface area contributed by atoms with Crippen LogP contribution in [-0.4, -0.2) is 24.3 Å². The monoisotopic (exact) mass is 158 g/mol. The Morgan fingerprint density at radius 1 is 1.55 bits per heavy atom. The minimum Gasteiger partial charge on any atom is -0.480 e. The van der Waals surface area contributed by atoms with Crippen molar-refractivity contribution in [3.63, 3.8) is 0 Å². The molecule has 0 saturated heterocycles. The topological polar surface area (TPSA) is 46.5 Å². The number of carboxylic acid groups (broad SMARTS) is 1. The van der Waals surface area contributed by atoms with E-state index in [1.807, 2.05) is 12.2 Å². The highest BCUT2D eigenvalue weighted by Gasteiger charge is 1.93. The molecule has 0 aliphatic heterocycles. The van der Waals surface area contributed by atoms with Crippen molar-refractivity contribution in [3.8, 4) is 0 Å². The molecule has 3 heteroatoms. The fourth-order valence-corrected chi connectivity index (χ4v) is 0.595. The van der Waals surface area contributed by atoms with Crippen LogP contribution in [0.25, 0.3) is 0 Å². The summed E-state index contributed by atoms with van der Waals surface area (Å²) in [4.78, 5) is 9.95. The lowest BCUT2D eigenvalue weighted by Gasteiger charge is -1.95. The first-order chi connectivity index (χ1) is 5.27. The zero-order valence-electron chi connectivity index (χ0n) is 6.75. The number of carboxylic acids is 1. The van der Waals surface area contributed by atoms with Gasteiger partial charge in [-0.05, 0) is 12.8 Å². The van der Waals surface area contributed by atoms with Crippen molar-refractivity contribution in [2.75, 3.05) is 13.2 Å². The third-order valence-corrected chi connectivity index (χ3v) is 1.06. The highest BCUT2D eigenvalue weighted by molar-refractivity contribution is 5.67. The molecule has 0 aliphatic rings. The summed E-state index contributed by atoms with van der Waals surface area (Å²) < 4.78 is 4.79. The molecular formula is C8H14O3. The van der Waals surface area contributed by atoms with E-state index in [2.05, 4.69) is 6.92 Å². The quantitative estimate of drug-likeness (QED) is 0.470. The summed E-state index contributed by atoms with van der Waals surface area (Å²) in [6.07, 6.45) is 5.83. The molecule has 0 aromatic rings. The second-order valence-corrected chi connectivity index (χ2v) is 2.11. The van der Waals surface area contributed by atoms with Crippen molar-refractivity contribution in [1.82, 2.24) is 0 Å². The molecule has 3 nitrogen and oxygen atoms in total. The Kier molecular flexibility index (Phi) is 6.73. The summed E-state index contributed by atoms with van der Waals surface area (Å²) in [5.74, 6) is -0.913. The van der Waals surface area contributed by atoms with Gasteiger partial charge in [-0.2, -0.15) is 0 Å². The van der Waals surface area contributed by atoms with Gasteiger partial charge in [-0.25, -0.2) is 4.79 Å². The standard InChI is InChI=1S/C8H14O3/c1-2-3-4-5-6-11-7-8(9)10/h3-4H,2,5-7H2,1H3,(H,9,10)/b4-3-. The molecule has 0 amide bonds. The van der Waals surface area contributed by atoms with Gasteiger partial charge in [0.25, 0.3) is 0 Å². The Hall–Kier alpha value is -0.830. The van der Waals surface area contributed by atoms with Crippen LogP contribution in [0.3, 0.4) is 0 Å². The summed E-state index contributed by atoms with van der Waals surface area (Å²) in [6, 6.07) is 0. The van der Waals surface area contributed by atoms with E-state index in [0.717, 1.165) is 12.8 Å². The van der Waals surface area contributed by atoms with Gasteiger partial charge in [0, 0.05) is 0 Å². The normalized spacial score (nSPS) is 10.6. The van der Waals surface area contributed by atoms with Gasteiger partial charge >= 0.3 is 5.97 Å². The summed E-state index contributed by atoms with van der Waals surface area (Å²) in [5, 5.41) is 8.17. The number of allylic oxidation sites excluding steroid dienone is 1. The third kappa shape index (κ3) is 9.17. The van der Waals surface area contributed by atoms with Gasteiger partial charge in [0.1, 0.15) is 6.61 Å². The molecule has 0 spiro atoms. The zero-order valence-corrected chi connectivity index (χ0v) is 6.75. The maximum Gasteiger partial charge on any atom is 0.329 e. The van der Waals surface area contributed by atoms with Gasteiger partial charge in [0.05, 0.1) is 6.61 Å². The average Bonchev–Trinajstić information content (AvgIpc) is 1.96. The van der Waals surface area contributed by atoms with Crippen LogP contribution < -0.4 is 0 Å². The number of carbonyl (C=O) groups is 1. The molecule has 0 rings (SSSR count). The molecular weight excluding hydrogens is 144 g/mol. The summed E-state index contributed by atoms with van der Waals surface area (Å²) >= 11 is 0. The van der Waals surface area contributed by atoms with Gasteiger partial charge in [0.2, 0.25) is 0 Å². The minimum absolute atomic E-state index is 0.194. The maximum atomic E-state index is 9.95. The number of aliphatic carboxylic acids is 1. The van der Waals surface area contributed by atoms with Gasteiger partial charge in [-0.15, -0.1) is 0 Å². The fourth-order valence-electron chi connectivity index (χ4n) is 0.595. The number of rotatable bonds is 6. The fraction of sp³-hybridized carbons (Fsp3) is 0.625. The van der Waals surface area contributed by atoms with Gasteiger partial charge < -0.3 is 9.84 Å². The van der Waals surface area contributed by atoms with E-state index in [1.54, 1.807) is 0 Å². The first kappa shape index (κ1) is 10.2. The molecule has 0 aromatic carbocycles. The SMILES string of the molecule is CC/C=C\CCOCC(=O)O. The Bertz CT molecular complexity index is 129. The molecule has 0 aliphatic carbocycles. The molecule has 0 bridgehead atoms. The molecule has 0 atom stereocenters. The van der Waals surface area contributed by atoms with Crippen molar-refractivity contribution < 1.29 is 14.6 Å². The molecule has 0 fully saturated rings. The van der Waals surface area contributed by atoms with Crippen molar-refractivity contribution >= 4 is 5.97 Å². The first-order valence-electron chi connectivity index (χ1n) is 3.72. The molecule has 0 aromatic heterocycles. The van der Waals surface area contributed by atoms with E-state index < -0.39 is 5.97 Å². The van der Waals surface area contributed by atoms with Crippen LogP contribution in [0, 0.1) is 0 Å². The Morgan fingerprint density at radius 3 is 2.82 bits per heavy atom. The minimum atomic E-state index is -0.913. The van der Waals surface area contributed by atoms with Crippen molar-refractivity contribution in [1.29, 1.82) is 0 Å². The smallest absolute Gasteiger partial charge is 0.329 e. The Morgan fingerprint density at radius 2 is 2.27 bits per heavy atom. The van der Waals surface area contributed by atoms with Gasteiger partial charge in [0.15, 0.2) is 0 Å². The molecule has 0 unspecified atom stereocenters. The predicted molar refractivity (Wildman–Crippen MR) is 42.5 cm³/mol. The highest BCUT2D eigenvalue weighted by Crippen LogP contribution is 1.87. The first-order valence-corrected chi connectivity index (χ1v) is 3.72. The van der Waals surface area contributed by atoms with Crippen LogP contribution in [0.4, 0.5) is 0 Å². The van der Waals surface area contributed by atoms with E-state index in [4.69, 9.17) is 9.84 Å². The van der Waals surface area contributed by atoms with E-state index >= 15 is 0 Å². The second-order valence-electron chi connectivity index (χ2n) is 2.11. The molecule has 0 radical (unpaired) electrons. The molecule has 0 heterocycles. The number of ether oxygens (including phenoxy) is 1. The van der Waals surface area contributed by atoms with Crippen LogP contribution in [0.1, 0.15) is 19.8 Å². The van der Waals surface area contributed by atoms with E-state index in [0.29, 0.717) is 6.61 Å². The zero-order chi connectivity index (χ0) is 8.53. The van der Waals surface area contributed by atoms with Gasteiger partial charge in [-0.3, -0.25) is 0 Å². The lowest BCUT2D eigenvalue weighted by atomic mass is 10.3. The largest absolute Gasteiger partial charge is 0.480 e. The van der Waals surface area contributed by atoms with Crippen LogP contribution in [0.2, 0.25) is 0 Å². The number of hydrogen-bond acceptors (Lipinski definition) is 2. The average molecular weight is 158 g/mol. The van der Waals surface area contributed by atoms with Crippen LogP contribution in [0.5, 0.6) is 0 Å². The lowest BCUT2D eigenvalue weighted by molar-refractivity contribution is -0.142. The van der Waals surface area contributed by atoms with Crippen molar-refractivity contribution in [3.05, 3.63) is 12.2 Å². The van der Waals surface area contributed by atoms with Gasteiger partial charge in [-0.1, -0.05) is 19.1 Å². The summed E-state index contributed by atoms with van der Waals surface area (Å²) in [6.45, 7) is 2.34. The summed E-state index contributed by atoms with van der Waals surface area (Å²) in [5.41, 5.74) is 0. The van der Waals surface area contributed by atoms with E-state index in [-0.39, 0.29) is 6.61 Å². The molecule has 1 N–H and O–H groups in total. The van der Waals surface area contributed by atoms with E-state index in [1.165, 1.54) is 0 Å². The van der Waals surface area contributed by atoms with Crippen LogP contribution >= 0.6 is 0 Å². The van der Waals surface area contributed by atoms with Crippen molar-refractivity contribution in [2.45, 2.75) is 19.8 Å². The summed E-state index contributed by atoms with van der Waals surface area (Å²) in [7, 11) is 0. The van der Waals surface area contributed by atoms with Crippen LogP contribution in [-0.2, 0) is 9.53 Å². The lowest BCUT2D eigenvalue weighted by Crippen LogP contribution is -2.07. The van der Waals surface area contributed by atoms with E-state index in [9.17, 15) is 4.79 Å². The highest BCUT2D eigenvalue weighted by atomic mass is 16.5. The number of hydrogen-bond donors (Lipinski definition) is 1. The Labute approximate surface area is 66.7 Å². The molecule has 0 saturated carbocycles. The molecule has 64 valence electrons. The third-order valence-electron chi connectivity index (χ3n) is 1.06. The van der Waals surface area contributed by atoms with Crippen LogP contribution in [0.15, 0.2) is 12.2 Å². The Balaban J connectivity index is 3.02. The second kappa shape index (κ2) is 7.28. The van der Waals surface area contributed by atoms with Crippen molar-refractivity contribution in [2.24, 2.45) is 0 Å². The maximum absolute atomic E-state index is 9.95. The molecule has 11 heavy (non-hydrogen) atoms. The predicted octanol–water partition coefficient (Wildman–Crippen LogP) is 1.44.